The molecule has 1 amide bonds. The minimum atomic E-state index is -0.0360. The first-order valence-corrected chi connectivity index (χ1v) is 7.04. The van der Waals surface area contributed by atoms with Crippen LogP contribution in [0.25, 0.3) is 0 Å². The van der Waals surface area contributed by atoms with Gasteiger partial charge in [-0.15, -0.1) is 24.0 Å². The van der Waals surface area contributed by atoms with Gasteiger partial charge in [-0.25, -0.2) is 0 Å². The summed E-state index contributed by atoms with van der Waals surface area (Å²) < 4.78 is 5.16. The number of piperazine rings is 1. The Morgan fingerprint density at radius 1 is 1.33 bits per heavy atom. The fourth-order valence-electron chi connectivity index (χ4n) is 2.25. The number of amides is 1. The van der Waals surface area contributed by atoms with E-state index in [-0.39, 0.29) is 29.9 Å². The normalized spacial score (nSPS) is 15.6. The van der Waals surface area contributed by atoms with Gasteiger partial charge in [0.05, 0.1) is 6.26 Å². The maximum Gasteiger partial charge on any atom is 0.289 e. The first-order chi connectivity index (χ1) is 9.76. The smallest absolute Gasteiger partial charge is 0.289 e. The highest BCUT2D eigenvalue weighted by molar-refractivity contribution is 14.0. The van der Waals surface area contributed by atoms with Gasteiger partial charge in [0, 0.05) is 39.8 Å². The number of carbonyl (C=O) groups is 1. The molecule has 0 aromatic carbocycles. The molecule has 7 heteroatoms. The molecule has 0 unspecified atom stereocenters. The van der Waals surface area contributed by atoms with Gasteiger partial charge in [0.25, 0.3) is 5.91 Å². The maximum absolute atomic E-state index is 12.1. The summed E-state index contributed by atoms with van der Waals surface area (Å²) in [5.41, 5.74) is 0. The SMILES string of the molecule is CCCNC(=NC)N1CCN(C(=O)c2ccco2)CC1.I. The third-order valence-electron chi connectivity index (χ3n) is 3.34. The summed E-state index contributed by atoms with van der Waals surface area (Å²) >= 11 is 0. The molecule has 0 spiro atoms. The quantitative estimate of drug-likeness (QED) is 0.471. The molecular formula is C14H23IN4O2. The lowest BCUT2D eigenvalue weighted by atomic mass is 10.3. The van der Waals surface area contributed by atoms with Gasteiger partial charge in [0.2, 0.25) is 0 Å². The molecular weight excluding hydrogens is 383 g/mol. The minimum Gasteiger partial charge on any atom is -0.459 e. The topological polar surface area (TPSA) is 61.1 Å². The van der Waals surface area contributed by atoms with Crippen LogP contribution >= 0.6 is 24.0 Å². The summed E-state index contributed by atoms with van der Waals surface area (Å²) in [4.78, 5) is 20.4. The molecule has 0 atom stereocenters. The van der Waals surface area contributed by atoms with Gasteiger partial charge in [-0.1, -0.05) is 6.92 Å². The van der Waals surface area contributed by atoms with Crippen LogP contribution in [-0.4, -0.2) is 61.4 Å². The summed E-state index contributed by atoms with van der Waals surface area (Å²) in [5, 5.41) is 3.31. The number of carbonyl (C=O) groups excluding carboxylic acids is 1. The monoisotopic (exact) mass is 406 g/mol. The van der Waals surface area contributed by atoms with Gasteiger partial charge in [-0.2, -0.15) is 0 Å². The summed E-state index contributed by atoms with van der Waals surface area (Å²) in [6.45, 7) is 5.99. The summed E-state index contributed by atoms with van der Waals surface area (Å²) in [6.07, 6.45) is 2.59. The van der Waals surface area contributed by atoms with Gasteiger partial charge in [-0.05, 0) is 18.6 Å². The number of aliphatic imine (C=N–C) groups is 1. The molecule has 1 aliphatic rings. The molecule has 1 aromatic rings. The number of nitrogens with zero attached hydrogens (tertiary/aromatic N) is 3. The van der Waals surface area contributed by atoms with Gasteiger partial charge < -0.3 is 19.5 Å². The van der Waals surface area contributed by atoms with Crippen LogP contribution in [0.1, 0.15) is 23.9 Å². The molecule has 1 fully saturated rings. The van der Waals surface area contributed by atoms with Crippen molar-refractivity contribution < 1.29 is 9.21 Å². The van der Waals surface area contributed by atoms with E-state index in [1.54, 1.807) is 19.2 Å². The lowest BCUT2D eigenvalue weighted by molar-refractivity contribution is 0.0658. The second-order valence-electron chi connectivity index (χ2n) is 4.73. The highest BCUT2D eigenvalue weighted by Gasteiger charge is 2.24. The fraction of sp³-hybridized carbons (Fsp3) is 0.571. The molecule has 1 N–H and O–H groups in total. The third kappa shape index (κ3) is 4.62. The number of hydrogen-bond donors (Lipinski definition) is 1. The zero-order valence-corrected chi connectivity index (χ0v) is 14.9. The van der Waals surface area contributed by atoms with E-state index in [1.165, 1.54) is 6.26 Å². The number of guanidine groups is 1. The van der Waals surface area contributed by atoms with E-state index in [1.807, 2.05) is 4.90 Å². The van der Waals surface area contributed by atoms with Crippen molar-refractivity contribution in [2.24, 2.45) is 4.99 Å². The lowest BCUT2D eigenvalue weighted by Gasteiger charge is -2.36. The van der Waals surface area contributed by atoms with E-state index >= 15 is 0 Å². The fourth-order valence-corrected chi connectivity index (χ4v) is 2.25. The van der Waals surface area contributed by atoms with E-state index in [4.69, 9.17) is 4.42 Å². The van der Waals surface area contributed by atoms with Crippen LogP contribution < -0.4 is 5.32 Å². The summed E-state index contributed by atoms with van der Waals surface area (Å²) in [6, 6.07) is 3.44. The van der Waals surface area contributed by atoms with Gasteiger partial charge in [0.15, 0.2) is 11.7 Å². The van der Waals surface area contributed by atoms with E-state index in [0.29, 0.717) is 18.8 Å². The molecule has 6 nitrogen and oxygen atoms in total. The number of furan rings is 1. The van der Waals surface area contributed by atoms with Crippen molar-refractivity contribution in [2.45, 2.75) is 13.3 Å². The van der Waals surface area contributed by atoms with E-state index in [0.717, 1.165) is 32.0 Å². The maximum atomic E-state index is 12.1. The molecule has 1 aliphatic heterocycles. The van der Waals surface area contributed by atoms with Crippen molar-refractivity contribution in [3.8, 4) is 0 Å². The van der Waals surface area contributed by atoms with Gasteiger partial charge in [-0.3, -0.25) is 9.79 Å². The van der Waals surface area contributed by atoms with Gasteiger partial charge >= 0.3 is 0 Å². The van der Waals surface area contributed by atoms with E-state index in [9.17, 15) is 4.79 Å². The van der Waals surface area contributed by atoms with Crippen molar-refractivity contribution in [1.82, 2.24) is 15.1 Å². The second kappa shape index (κ2) is 8.91. The molecule has 1 aromatic heterocycles. The van der Waals surface area contributed by atoms with E-state index < -0.39 is 0 Å². The van der Waals surface area contributed by atoms with Crippen molar-refractivity contribution in [2.75, 3.05) is 39.8 Å². The van der Waals surface area contributed by atoms with Crippen LogP contribution in [0, 0.1) is 0 Å². The minimum absolute atomic E-state index is 0. The second-order valence-corrected chi connectivity index (χ2v) is 4.73. The Morgan fingerprint density at radius 2 is 2.00 bits per heavy atom. The molecule has 1 saturated heterocycles. The van der Waals surface area contributed by atoms with Crippen molar-refractivity contribution in [3.63, 3.8) is 0 Å². The predicted molar refractivity (Wildman–Crippen MR) is 93.3 cm³/mol. The van der Waals surface area contributed by atoms with Crippen LogP contribution in [-0.2, 0) is 0 Å². The number of hydrogen-bond acceptors (Lipinski definition) is 3. The van der Waals surface area contributed by atoms with Crippen LogP contribution in [0.2, 0.25) is 0 Å². The van der Waals surface area contributed by atoms with Crippen molar-refractivity contribution in [1.29, 1.82) is 0 Å². The molecule has 0 aliphatic carbocycles. The van der Waals surface area contributed by atoms with Crippen molar-refractivity contribution in [3.05, 3.63) is 24.2 Å². The molecule has 118 valence electrons. The number of nitrogens with one attached hydrogen (secondary N) is 1. The Morgan fingerprint density at radius 3 is 2.52 bits per heavy atom. The summed E-state index contributed by atoms with van der Waals surface area (Å²) in [7, 11) is 1.79. The molecule has 0 bridgehead atoms. The molecule has 0 saturated carbocycles. The highest BCUT2D eigenvalue weighted by atomic mass is 127. The summed E-state index contributed by atoms with van der Waals surface area (Å²) in [5.74, 6) is 1.29. The standard InChI is InChI=1S/C14H22N4O2.HI/c1-3-6-16-14(15-2)18-9-7-17(8-10-18)13(19)12-5-4-11-20-12;/h4-5,11H,3,6-10H2,1-2H3,(H,15,16);1H. The molecule has 2 heterocycles. The first kappa shape index (κ1) is 17.8. The zero-order valence-electron chi connectivity index (χ0n) is 12.5. The van der Waals surface area contributed by atoms with Gasteiger partial charge in [0.1, 0.15) is 0 Å². The largest absolute Gasteiger partial charge is 0.459 e. The highest BCUT2D eigenvalue weighted by Crippen LogP contribution is 2.09. The number of rotatable bonds is 3. The van der Waals surface area contributed by atoms with Crippen LogP contribution in [0.15, 0.2) is 27.8 Å². The predicted octanol–water partition coefficient (Wildman–Crippen LogP) is 1.64. The Hall–Kier alpha value is -1.25. The number of halogens is 1. The Labute approximate surface area is 142 Å². The van der Waals surface area contributed by atoms with Crippen LogP contribution in [0.4, 0.5) is 0 Å². The van der Waals surface area contributed by atoms with Crippen molar-refractivity contribution >= 4 is 35.8 Å². The van der Waals surface area contributed by atoms with Crippen LogP contribution in [0.3, 0.4) is 0 Å². The lowest BCUT2D eigenvalue weighted by Crippen LogP contribution is -2.53. The van der Waals surface area contributed by atoms with E-state index in [2.05, 4.69) is 22.1 Å². The molecule has 21 heavy (non-hydrogen) atoms. The average molecular weight is 406 g/mol. The zero-order chi connectivity index (χ0) is 14.4. The Kier molecular flexibility index (Phi) is 7.55. The molecule has 0 radical (unpaired) electrons. The third-order valence-corrected chi connectivity index (χ3v) is 3.34. The average Bonchev–Trinajstić information content (AvgIpc) is 3.02. The van der Waals surface area contributed by atoms with Crippen LogP contribution in [0.5, 0.6) is 0 Å². The molecule has 2 rings (SSSR count). The Bertz CT molecular complexity index is 454. The first-order valence-electron chi connectivity index (χ1n) is 7.04. The Balaban J connectivity index is 0.00000220.